The number of amides is 1. The molecule has 0 bridgehead atoms. The van der Waals surface area contributed by atoms with E-state index in [9.17, 15) is 4.79 Å². The zero-order chi connectivity index (χ0) is 14.7. The van der Waals surface area contributed by atoms with Crippen molar-refractivity contribution >= 4 is 38.6 Å². The number of hydrogen-bond donors (Lipinski definition) is 2. The Morgan fingerprint density at radius 2 is 2.05 bits per heavy atom. The van der Waals surface area contributed by atoms with Crippen LogP contribution in [0.15, 0.2) is 53.1 Å². The molecule has 0 unspecified atom stereocenters. The van der Waals surface area contributed by atoms with Gasteiger partial charge in [0.15, 0.2) is 0 Å². The molecule has 0 aliphatic rings. The Labute approximate surface area is 129 Å². The van der Waals surface area contributed by atoms with E-state index in [1.165, 1.54) is 0 Å². The second kappa shape index (κ2) is 5.97. The lowest BCUT2D eigenvalue weighted by Crippen LogP contribution is -2.13. The third kappa shape index (κ3) is 3.22. The van der Waals surface area contributed by atoms with Gasteiger partial charge in [0.2, 0.25) is 0 Å². The second-order valence-electron chi connectivity index (χ2n) is 4.46. The lowest BCUT2D eigenvalue weighted by Gasteiger charge is -2.07. The van der Waals surface area contributed by atoms with Crippen molar-refractivity contribution in [2.24, 2.45) is 0 Å². The van der Waals surface area contributed by atoms with Crippen molar-refractivity contribution in [3.05, 3.63) is 58.7 Å². The van der Waals surface area contributed by atoms with Crippen LogP contribution in [0.3, 0.4) is 0 Å². The maximum atomic E-state index is 11.8. The summed E-state index contributed by atoms with van der Waals surface area (Å²) >= 11 is 3.36. The largest absolute Gasteiger partial charge is 0.444 e. The van der Waals surface area contributed by atoms with Gasteiger partial charge in [-0.1, -0.05) is 30.3 Å². The van der Waals surface area contributed by atoms with Crippen LogP contribution in [0.5, 0.6) is 0 Å². The summed E-state index contributed by atoms with van der Waals surface area (Å²) in [6.45, 7) is 0.239. The summed E-state index contributed by atoms with van der Waals surface area (Å²) in [5, 5.41) is 10.6. The molecule has 0 saturated carbocycles. The number of fused-ring (bicyclic) bond motifs is 1. The van der Waals surface area contributed by atoms with Gasteiger partial charge < -0.3 is 4.74 Å². The number of aromatic amines is 1. The minimum atomic E-state index is -0.493. The van der Waals surface area contributed by atoms with Gasteiger partial charge in [-0.3, -0.25) is 10.4 Å². The smallest absolute Gasteiger partial charge is 0.411 e. The molecule has 0 saturated heterocycles. The Hall–Kier alpha value is -2.34. The maximum absolute atomic E-state index is 11.8. The van der Waals surface area contributed by atoms with Crippen LogP contribution < -0.4 is 5.32 Å². The number of H-pyrrole nitrogens is 1. The van der Waals surface area contributed by atoms with E-state index in [2.05, 4.69) is 31.4 Å². The van der Waals surface area contributed by atoms with Gasteiger partial charge in [-0.25, -0.2) is 4.79 Å². The molecule has 3 rings (SSSR count). The van der Waals surface area contributed by atoms with Crippen molar-refractivity contribution in [2.75, 3.05) is 5.32 Å². The van der Waals surface area contributed by atoms with Gasteiger partial charge in [-0.2, -0.15) is 5.10 Å². The molecule has 1 amide bonds. The van der Waals surface area contributed by atoms with E-state index in [1.54, 1.807) is 12.1 Å². The number of nitrogens with zero attached hydrogens (tertiary/aromatic N) is 1. The molecule has 2 aromatic carbocycles. The summed E-state index contributed by atoms with van der Waals surface area (Å²) in [6, 6.07) is 15.0. The van der Waals surface area contributed by atoms with Crippen LogP contribution in [-0.4, -0.2) is 16.3 Å². The van der Waals surface area contributed by atoms with Crippen molar-refractivity contribution in [3.63, 3.8) is 0 Å². The lowest BCUT2D eigenvalue weighted by molar-refractivity contribution is 0.155. The number of ether oxygens (including phenoxy) is 1. The number of carbonyl (C=O) groups is 1. The molecular formula is C15H12BrN3O2. The van der Waals surface area contributed by atoms with Crippen LogP contribution in [0, 0.1) is 0 Å². The molecule has 6 heteroatoms. The predicted octanol–water partition coefficient (Wildman–Crippen LogP) is 4.07. The summed E-state index contributed by atoms with van der Waals surface area (Å²) in [6.07, 6.45) is -0.493. The molecule has 21 heavy (non-hydrogen) atoms. The average molecular weight is 346 g/mol. The molecule has 5 nitrogen and oxygen atoms in total. The second-order valence-corrected chi connectivity index (χ2v) is 5.25. The zero-order valence-electron chi connectivity index (χ0n) is 11.0. The molecule has 0 radical (unpaired) electrons. The van der Waals surface area contributed by atoms with Crippen LogP contribution in [0.1, 0.15) is 5.56 Å². The number of nitrogens with one attached hydrogen (secondary N) is 2. The highest BCUT2D eigenvalue weighted by atomic mass is 79.9. The number of hydrogen-bond acceptors (Lipinski definition) is 3. The fourth-order valence-electron chi connectivity index (χ4n) is 1.93. The molecule has 3 aromatic rings. The molecule has 2 N–H and O–H groups in total. The summed E-state index contributed by atoms with van der Waals surface area (Å²) < 4.78 is 5.98. The van der Waals surface area contributed by atoms with E-state index in [4.69, 9.17) is 4.74 Å². The van der Waals surface area contributed by atoms with Crippen LogP contribution in [0.25, 0.3) is 10.9 Å². The number of anilines is 1. The predicted molar refractivity (Wildman–Crippen MR) is 84.0 cm³/mol. The lowest BCUT2D eigenvalue weighted by atomic mass is 10.2. The molecule has 0 atom stereocenters. The van der Waals surface area contributed by atoms with Gasteiger partial charge in [0, 0.05) is 11.1 Å². The number of carbonyl (C=O) groups excluding carboxylic acids is 1. The standard InChI is InChI=1S/C15H12BrN3O2/c16-14-12-7-6-11(8-13(12)18-19-14)17-15(20)21-9-10-4-2-1-3-5-10/h1-8H,9H2,(H,17,20)(H,18,19). The molecule has 1 heterocycles. The molecule has 0 spiro atoms. The fraction of sp³-hybridized carbons (Fsp3) is 0.0667. The highest BCUT2D eigenvalue weighted by Gasteiger charge is 2.07. The number of rotatable bonds is 3. The quantitative estimate of drug-likeness (QED) is 0.751. The summed E-state index contributed by atoms with van der Waals surface area (Å²) in [7, 11) is 0. The topological polar surface area (TPSA) is 67.0 Å². The Bertz CT molecular complexity index is 771. The Balaban J connectivity index is 1.63. The van der Waals surface area contributed by atoms with Crippen LogP contribution in [0.2, 0.25) is 0 Å². The molecule has 0 fully saturated rings. The van der Waals surface area contributed by atoms with Gasteiger partial charge in [0.05, 0.1) is 5.52 Å². The van der Waals surface area contributed by atoms with Crippen molar-refractivity contribution in [1.29, 1.82) is 0 Å². The Morgan fingerprint density at radius 1 is 1.24 bits per heavy atom. The first-order valence-electron chi connectivity index (χ1n) is 6.34. The van der Waals surface area contributed by atoms with E-state index in [-0.39, 0.29) is 6.61 Å². The van der Waals surface area contributed by atoms with Gasteiger partial charge in [-0.05, 0) is 39.7 Å². The Morgan fingerprint density at radius 3 is 2.86 bits per heavy atom. The first-order valence-corrected chi connectivity index (χ1v) is 7.13. The molecule has 0 aliphatic carbocycles. The van der Waals surface area contributed by atoms with Crippen molar-refractivity contribution in [1.82, 2.24) is 10.2 Å². The van der Waals surface area contributed by atoms with Gasteiger partial charge >= 0.3 is 6.09 Å². The Kier molecular flexibility index (Phi) is 3.87. The summed E-state index contributed by atoms with van der Waals surface area (Å²) in [5.74, 6) is 0. The van der Waals surface area contributed by atoms with E-state index >= 15 is 0 Å². The number of halogens is 1. The van der Waals surface area contributed by atoms with E-state index in [1.807, 2.05) is 36.4 Å². The minimum Gasteiger partial charge on any atom is -0.444 e. The SMILES string of the molecule is O=C(Nc1ccc2c(Br)[nH]nc2c1)OCc1ccccc1. The molecule has 0 aliphatic heterocycles. The first-order chi connectivity index (χ1) is 10.2. The van der Waals surface area contributed by atoms with Crippen LogP contribution >= 0.6 is 15.9 Å². The van der Waals surface area contributed by atoms with E-state index in [0.29, 0.717) is 5.69 Å². The third-order valence-electron chi connectivity index (χ3n) is 2.97. The first kappa shape index (κ1) is 13.6. The van der Waals surface area contributed by atoms with Gasteiger partial charge in [0.25, 0.3) is 0 Å². The van der Waals surface area contributed by atoms with Crippen LogP contribution in [0.4, 0.5) is 10.5 Å². The van der Waals surface area contributed by atoms with E-state index in [0.717, 1.165) is 21.1 Å². The summed E-state index contributed by atoms with van der Waals surface area (Å²) in [4.78, 5) is 11.8. The third-order valence-corrected chi connectivity index (χ3v) is 3.57. The van der Waals surface area contributed by atoms with Crippen molar-refractivity contribution in [3.8, 4) is 0 Å². The molecular weight excluding hydrogens is 334 g/mol. The average Bonchev–Trinajstić information content (AvgIpc) is 2.87. The fourth-order valence-corrected chi connectivity index (χ4v) is 2.36. The van der Waals surface area contributed by atoms with Crippen molar-refractivity contribution in [2.45, 2.75) is 6.61 Å². The molecule has 106 valence electrons. The molecule has 1 aromatic heterocycles. The highest BCUT2D eigenvalue weighted by molar-refractivity contribution is 9.10. The van der Waals surface area contributed by atoms with Gasteiger partial charge in [-0.15, -0.1) is 0 Å². The number of benzene rings is 2. The minimum absolute atomic E-state index is 0.239. The number of aromatic nitrogens is 2. The van der Waals surface area contributed by atoms with E-state index < -0.39 is 6.09 Å². The van der Waals surface area contributed by atoms with Crippen molar-refractivity contribution < 1.29 is 9.53 Å². The monoisotopic (exact) mass is 345 g/mol. The summed E-state index contributed by atoms with van der Waals surface area (Å²) in [5.41, 5.74) is 2.35. The highest BCUT2D eigenvalue weighted by Crippen LogP contribution is 2.23. The maximum Gasteiger partial charge on any atom is 0.411 e. The zero-order valence-corrected chi connectivity index (χ0v) is 12.6. The normalized spacial score (nSPS) is 10.5. The van der Waals surface area contributed by atoms with Crippen LogP contribution in [-0.2, 0) is 11.3 Å². The van der Waals surface area contributed by atoms with Gasteiger partial charge in [0.1, 0.15) is 11.2 Å².